The molecule has 0 radical (unpaired) electrons. The first-order valence-corrected chi connectivity index (χ1v) is 7.18. The molecule has 1 aromatic carbocycles. The summed E-state index contributed by atoms with van der Waals surface area (Å²) < 4.78 is 0. The molecule has 0 fully saturated rings. The van der Waals surface area contributed by atoms with Crippen LogP contribution in [0.3, 0.4) is 0 Å². The highest BCUT2D eigenvalue weighted by Gasteiger charge is 2.37. The molecular formula is C19H16O5. The van der Waals surface area contributed by atoms with Gasteiger partial charge in [-0.2, -0.15) is 0 Å². The van der Waals surface area contributed by atoms with Crippen LogP contribution >= 0.6 is 0 Å². The van der Waals surface area contributed by atoms with Crippen molar-refractivity contribution in [2.75, 3.05) is 0 Å². The predicted octanol–water partition coefficient (Wildman–Crippen LogP) is 3.15. The molecule has 5 heteroatoms. The van der Waals surface area contributed by atoms with Crippen LogP contribution in [-0.4, -0.2) is 28.2 Å². The van der Waals surface area contributed by atoms with Crippen molar-refractivity contribution in [1.82, 2.24) is 0 Å². The van der Waals surface area contributed by atoms with Gasteiger partial charge >= 0.3 is 0 Å². The van der Waals surface area contributed by atoms with Crippen LogP contribution in [0.2, 0.25) is 0 Å². The lowest BCUT2D eigenvalue weighted by atomic mass is 9.76. The van der Waals surface area contributed by atoms with E-state index in [-0.39, 0.29) is 39.0 Å². The van der Waals surface area contributed by atoms with Crippen molar-refractivity contribution >= 4 is 23.1 Å². The molecule has 2 rings (SSSR count). The molecule has 24 heavy (non-hydrogen) atoms. The highest BCUT2D eigenvalue weighted by atomic mass is 16.3. The summed E-state index contributed by atoms with van der Waals surface area (Å²) in [4.78, 5) is 49.5. The zero-order chi connectivity index (χ0) is 18.3. The molecule has 0 atom stereocenters. The standard InChI is InChI=1S/C19H16O5/c1-6-11-12(7-2)18(23)16-14(17(11)22)8(3)13(9(4)20)19(24)15(16)10(5)21/h6-7,24H,1-2H2,3-5H3. The van der Waals surface area contributed by atoms with Crippen molar-refractivity contribution in [3.8, 4) is 5.75 Å². The average molecular weight is 324 g/mol. The van der Waals surface area contributed by atoms with Gasteiger partial charge in [-0.1, -0.05) is 25.3 Å². The van der Waals surface area contributed by atoms with Gasteiger partial charge in [-0.25, -0.2) is 0 Å². The largest absolute Gasteiger partial charge is 0.506 e. The average Bonchev–Trinajstić information content (AvgIpc) is 2.48. The number of ketones is 4. The van der Waals surface area contributed by atoms with E-state index in [4.69, 9.17) is 0 Å². The third kappa shape index (κ3) is 2.17. The minimum Gasteiger partial charge on any atom is -0.506 e. The Bertz CT molecular complexity index is 897. The zero-order valence-corrected chi connectivity index (χ0v) is 13.6. The van der Waals surface area contributed by atoms with E-state index in [0.717, 1.165) is 6.92 Å². The zero-order valence-electron chi connectivity index (χ0n) is 13.6. The number of carbonyl (C=O) groups excluding carboxylic acids is 4. The number of aromatic hydroxyl groups is 1. The van der Waals surface area contributed by atoms with E-state index in [0.29, 0.717) is 0 Å². The van der Waals surface area contributed by atoms with E-state index in [1.807, 2.05) is 0 Å². The number of allylic oxidation sites excluding steroid dienone is 4. The molecule has 0 amide bonds. The van der Waals surface area contributed by atoms with E-state index in [1.165, 1.54) is 26.0 Å². The number of rotatable bonds is 4. The molecule has 0 saturated carbocycles. The topological polar surface area (TPSA) is 88.5 Å². The third-order valence-electron chi connectivity index (χ3n) is 4.07. The Morgan fingerprint density at radius 3 is 1.67 bits per heavy atom. The number of phenolic OH excluding ortho intramolecular Hbond substituents is 1. The molecule has 5 nitrogen and oxygen atoms in total. The highest BCUT2D eigenvalue weighted by Crippen LogP contribution is 2.39. The molecule has 0 aromatic heterocycles. The Morgan fingerprint density at radius 2 is 1.29 bits per heavy atom. The van der Waals surface area contributed by atoms with Gasteiger partial charge in [0.2, 0.25) is 0 Å². The van der Waals surface area contributed by atoms with Gasteiger partial charge in [0, 0.05) is 22.3 Å². The smallest absolute Gasteiger partial charge is 0.195 e. The SMILES string of the molecule is C=CC1=C(C=C)C(=O)c2c(c(C)c(C(C)=O)c(O)c2C(C)=O)C1=O. The van der Waals surface area contributed by atoms with Crippen LogP contribution in [0.1, 0.15) is 60.8 Å². The van der Waals surface area contributed by atoms with E-state index < -0.39 is 28.9 Å². The molecule has 1 aliphatic rings. The first-order chi connectivity index (χ1) is 11.2. The summed E-state index contributed by atoms with van der Waals surface area (Å²) in [6, 6.07) is 0. The van der Waals surface area contributed by atoms with Gasteiger partial charge in [-0.15, -0.1) is 0 Å². The van der Waals surface area contributed by atoms with Crippen molar-refractivity contribution in [2.45, 2.75) is 20.8 Å². The van der Waals surface area contributed by atoms with Gasteiger partial charge in [0.25, 0.3) is 0 Å². The summed E-state index contributed by atoms with van der Waals surface area (Å²) >= 11 is 0. The summed E-state index contributed by atoms with van der Waals surface area (Å²) in [6.07, 6.45) is 2.46. The maximum atomic E-state index is 12.8. The number of benzene rings is 1. The minimum atomic E-state index is -0.613. The van der Waals surface area contributed by atoms with E-state index in [2.05, 4.69) is 13.2 Å². The van der Waals surface area contributed by atoms with Gasteiger partial charge in [-0.3, -0.25) is 19.2 Å². The molecule has 122 valence electrons. The van der Waals surface area contributed by atoms with Crippen LogP contribution < -0.4 is 0 Å². The molecule has 1 aromatic rings. The second-order valence-electron chi connectivity index (χ2n) is 5.48. The monoisotopic (exact) mass is 324 g/mol. The van der Waals surface area contributed by atoms with Gasteiger partial charge in [0.15, 0.2) is 23.1 Å². The van der Waals surface area contributed by atoms with Crippen LogP contribution in [-0.2, 0) is 0 Å². The predicted molar refractivity (Wildman–Crippen MR) is 88.9 cm³/mol. The summed E-state index contributed by atoms with van der Waals surface area (Å²) in [5.74, 6) is -2.82. The normalized spacial score (nSPS) is 13.6. The number of Topliss-reactive ketones (excluding diaryl/α,β-unsaturated/α-hetero) is 4. The lowest BCUT2D eigenvalue weighted by molar-refractivity contribution is 0.0965. The molecule has 0 unspecified atom stereocenters. The quantitative estimate of drug-likeness (QED) is 0.859. The Hall–Kier alpha value is -3.08. The maximum Gasteiger partial charge on any atom is 0.195 e. The van der Waals surface area contributed by atoms with Crippen molar-refractivity contribution in [1.29, 1.82) is 0 Å². The van der Waals surface area contributed by atoms with Crippen molar-refractivity contribution < 1.29 is 24.3 Å². The number of hydrogen-bond donors (Lipinski definition) is 1. The Balaban J connectivity index is 3.12. The van der Waals surface area contributed by atoms with Crippen LogP contribution in [0, 0.1) is 6.92 Å². The van der Waals surface area contributed by atoms with E-state index in [1.54, 1.807) is 0 Å². The lowest BCUT2D eigenvalue weighted by Gasteiger charge is -2.24. The first-order valence-electron chi connectivity index (χ1n) is 7.18. The van der Waals surface area contributed by atoms with Crippen molar-refractivity contribution in [2.24, 2.45) is 0 Å². The van der Waals surface area contributed by atoms with Gasteiger partial charge in [-0.05, 0) is 26.3 Å². The van der Waals surface area contributed by atoms with Gasteiger partial charge < -0.3 is 5.11 Å². The molecule has 0 heterocycles. The second-order valence-corrected chi connectivity index (χ2v) is 5.48. The van der Waals surface area contributed by atoms with Crippen LogP contribution in [0.5, 0.6) is 5.75 Å². The second kappa shape index (κ2) is 5.85. The van der Waals surface area contributed by atoms with Gasteiger partial charge in [0.05, 0.1) is 11.1 Å². The molecular weight excluding hydrogens is 308 g/mol. The number of fused-ring (bicyclic) bond motifs is 1. The maximum absolute atomic E-state index is 12.8. The summed E-state index contributed by atoms with van der Waals surface area (Å²) in [5, 5.41) is 10.4. The summed E-state index contributed by atoms with van der Waals surface area (Å²) in [5.41, 5.74) is -0.450. The van der Waals surface area contributed by atoms with Crippen molar-refractivity contribution in [3.05, 3.63) is 64.3 Å². The fourth-order valence-corrected chi connectivity index (χ4v) is 3.06. The van der Waals surface area contributed by atoms with Crippen LogP contribution in [0.25, 0.3) is 0 Å². The Kier molecular flexibility index (Phi) is 4.21. The third-order valence-corrected chi connectivity index (χ3v) is 4.07. The highest BCUT2D eigenvalue weighted by molar-refractivity contribution is 6.33. The Morgan fingerprint density at radius 1 is 0.875 bits per heavy atom. The van der Waals surface area contributed by atoms with Crippen LogP contribution in [0.4, 0.5) is 0 Å². The fraction of sp³-hybridized carbons (Fsp3) is 0.158. The molecule has 1 aliphatic carbocycles. The molecule has 0 aliphatic heterocycles. The minimum absolute atomic E-state index is 0.0133. The summed E-state index contributed by atoms with van der Waals surface area (Å²) in [7, 11) is 0. The van der Waals surface area contributed by atoms with E-state index >= 15 is 0 Å². The molecule has 0 spiro atoms. The van der Waals surface area contributed by atoms with E-state index in [9.17, 15) is 24.3 Å². The number of hydrogen-bond acceptors (Lipinski definition) is 5. The lowest BCUT2D eigenvalue weighted by Crippen LogP contribution is -2.26. The molecule has 0 bridgehead atoms. The number of phenols is 1. The fourth-order valence-electron chi connectivity index (χ4n) is 3.06. The Labute approximate surface area is 139 Å². The van der Waals surface area contributed by atoms with Crippen molar-refractivity contribution in [3.63, 3.8) is 0 Å². The van der Waals surface area contributed by atoms with Crippen LogP contribution in [0.15, 0.2) is 36.5 Å². The number of carbonyl (C=O) groups is 4. The summed E-state index contributed by atoms with van der Waals surface area (Å²) in [6.45, 7) is 10.9. The molecule has 1 N–H and O–H groups in total. The van der Waals surface area contributed by atoms with Gasteiger partial charge in [0.1, 0.15) is 5.75 Å². The molecule has 0 saturated heterocycles. The first kappa shape index (κ1) is 17.3.